The van der Waals surface area contributed by atoms with Gasteiger partial charge in [0.2, 0.25) is 5.91 Å². The molecule has 5 heteroatoms. The lowest BCUT2D eigenvalue weighted by molar-refractivity contribution is -0.120. The van der Waals surface area contributed by atoms with E-state index in [0.29, 0.717) is 17.9 Å². The highest BCUT2D eigenvalue weighted by Crippen LogP contribution is 2.03. The monoisotopic (exact) mass is 278 g/mol. The number of carbonyl (C=O) groups is 2. The van der Waals surface area contributed by atoms with Crippen LogP contribution in [0.15, 0.2) is 30.3 Å². The van der Waals surface area contributed by atoms with Crippen LogP contribution in [-0.4, -0.2) is 36.1 Å². The molecular formula is C15H22N2O3. The maximum absolute atomic E-state index is 11.7. The van der Waals surface area contributed by atoms with E-state index in [-0.39, 0.29) is 24.9 Å². The van der Waals surface area contributed by atoms with E-state index in [9.17, 15) is 14.7 Å². The van der Waals surface area contributed by atoms with E-state index >= 15 is 0 Å². The highest BCUT2D eigenvalue weighted by atomic mass is 16.3. The molecule has 20 heavy (non-hydrogen) atoms. The standard InChI is InChI=1S/C15H22N2O3/c1-11(2)8-13(18)9-16-14(19)10-17-15(20)12-6-4-3-5-7-12/h3-7,11,13,18H,8-10H2,1-2H3,(H,16,19)(H,17,20). The number of hydrogen-bond donors (Lipinski definition) is 3. The van der Waals surface area contributed by atoms with Gasteiger partial charge in [0, 0.05) is 12.1 Å². The average molecular weight is 278 g/mol. The third-order valence-corrected chi connectivity index (χ3v) is 2.72. The fourth-order valence-electron chi connectivity index (χ4n) is 1.77. The molecule has 5 nitrogen and oxygen atoms in total. The van der Waals surface area contributed by atoms with E-state index in [4.69, 9.17) is 0 Å². The van der Waals surface area contributed by atoms with Crippen molar-refractivity contribution in [3.63, 3.8) is 0 Å². The Kier molecular flexibility index (Phi) is 6.73. The van der Waals surface area contributed by atoms with Gasteiger partial charge in [-0.3, -0.25) is 9.59 Å². The molecule has 1 aromatic carbocycles. The first-order chi connectivity index (χ1) is 9.49. The summed E-state index contributed by atoms with van der Waals surface area (Å²) in [6.45, 7) is 4.12. The second-order valence-corrected chi connectivity index (χ2v) is 5.14. The van der Waals surface area contributed by atoms with E-state index in [0.717, 1.165) is 0 Å². The Morgan fingerprint density at radius 1 is 1.15 bits per heavy atom. The van der Waals surface area contributed by atoms with Crippen molar-refractivity contribution in [2.75, 3.05) is 13.1 Å². The minimum absolute atomic E-state index is 0.0951. The zero-order valence-electron chi connectivity index (χ0n) is 11.9. The lowest BCUT2D eigenvalue weighted by Gasteiger charge is -2.14. The van der Waals surface area contributed by atoms with Crippen LogP contribution >= 0.6 is 0 Å². The van der Waals surface area contributed by atoms with Crippen molar-refractivity contribution in [3.05, 3.63) is 35.9 Å². The summed E-state index contributed by atoms with van der Waals surface area (Å²) in [6.07, 6.45) is 0.0835. The molecule has 1 rings (SSSR count). The van der Waals surface area contributed by atoms with Gasteiger partial charge in [0.05, 0.1) is 12.6 Å². The van der Waals surface area contributed by atoms with Gasteiger partial charge in [-0.1, -0.05) is 32.0 Å². The van der Waals surface area contributed by atoms with Crippen LogP contribution in [0.2, 0.25) is 0 Å². The molecule has 0 aliphatic heterocycles. The number of hydrogen-bond acceptors (Lipinski definition) is 3. The molecule has 0 radical (unpaired) electrons. The van der Waals surface area contributed by atoms with Gasteiger partial charge in [0.1, 0.15) is 0 Å². The summed E-state index contributed by atoms with van der Waals surface area (Å²) in [4.78, 5) is 23.2. The van der Waals surface area contributed by atoms with E-state index in [1.54, 1.807) is 24.3 Å². The smallest absolute Gasteiger partial charge is 0.251 e. The fraction of sp³-hybridized carbons (Fsp3) is 0.467. The first-order valence-electron chi connectivity index (χ1n) is 6.77. The molecule has 0 aliphatic carbocycles. The molecule has 1 atom stereocenters. The Morgan fingerprint density at radius 2 is 1.80 bits per heavy atom. The number of benzene rings is 1. The van der Waals surface area contributed by atoms with Crippen molar-refractivity contribution in [2.45, 2.75) is 26.4 Å². The zero-order chi connectivity index (χ0) is 15.0. The Labute approximate surface area is 119 Å². The maximum Gasteiger partial charge on any atom is 0.251 e. The summed E-state index contributed by atoms with van der Waals surface area (Å²) in [5, 5.41) is 14.7. The van der Waals surface area contributed by atoms with E-state index in [1.807, 2.05) is 19.9 Å². The summed E-state index contributed by atoms with van der Waals surface area (Å²) < 4.78 is 0. The molecule has 1 unspecified atom stereocenters. The van der Waals surface area contributed by atoms with E-state index in [2.05, 4.69) is 10.6 Å². The third-order valence-electron chi connectivity index (χ3n) is 2.72. The second kappa shape index (κ2) is 8.32. The van der Waals surface area contributed by atoms with Crippen LogP contribution in [0.4, 0.5) is 0 Å². The zero-order valence-corrected chi connectivity index (χ0v) is 11.9. The van der Waals surface area contributed by atoms with Gasteiger partial charge in [-0.05, 0) is 24.5 Å². The number of amides is 2. The predicted molar refractivity (Wildman–Crippen MR) is 77.2 cm³/mol. The molecule has 110 valence electrons. The minimum Gasteiger partial charge on any atom is -0.391 e. The number of aliphatic hydroxyl groups excluding tert-OH is 1. The van der Waals surface area contributed by atoms with Crippen LogP contribution in [0.25, 0.3) is 0 Å². The van der Waals surface area contributed by atoms with Gasteiger partial charge < -0.3 is 15.7 Å². The predicted octanol–water partition coefficient (Wildman–Crippen LogP) is 0.940. The fourth-order valence-corrected chi connectivity index (χ4v) is 1.77. The lowest BCUT2D eigenvalue weighted by Crippen LogP contribution is -2.40. The van der Waals surface area contributed by atoms with Crippen LogP contribution in [0.5, 0.6) is 0 Å². The van der Waals surface area contributed by atoms with Crippen molar-refractivity contribution in [1.29, 1.82) is 0 Å². The topological polar surface area (TPSA) is 78.4 Å². The molecular weight excluding hydrogens is 256 g/mol. The first-order valence-corrected chi connectivity index (χ1v) is 6.77. The number of rotatable bonds is 7. The second-order valence-electron chi connectivity index (χ2n) is 5.14. The molecule has 0 saturated carbocycles. The largest absolute Gasteiger partial charge is 0.391 e. The molecule has 3 N–H and O–H groups in total. The molecule has 0 heterocycles. The SMILES string of the molecule is CC(C)CC(O)CNC(=O)CNC(=O)c1ccccc1. The lowest BCUT2D eigenvalue weighted by atomic mass is 10.1. The number of aliphatic hydroxyl groups is 1. The Bertz CT molecular complexity index is 432. The first kappa shape index (κ1) is 16.2. The molecule has 0 fully saturated rings. The van der Waals surface area contributed by atoms with Gasteiger partial charge in [-0.15, -0.1) is 0 Å². The normalized spacial score (nSPS) is 12.0. The number of nitrogens with one attached hydrogen (secondary N) is 2. The summed E-state index contributed by atoms with van der Waals surface area (Å²) in [5.74, 6) is -0.222. The highest BCUT2D eigenvalue weighted by Gasteiger charge is 2.10. The molecule has 0 aromatic heterocycles. The molecule has 1 aromatic rings. The van der Waals surface area contributed by atoms with Crippen LogP contribution in [0, 0.1) is 5.92 Å². The molecule has 0 saturated heterocycles. The molecule has 0 bridgehead atoms. The van der Waals surface area contributed by atoms with Crippen LogP contribution in [-0.2, 0) is 4.79 Å². The highest BCUT2D eigenvalue weighted by molar-refractivity contribution is 5.96. The van der Waals surface area contributed by atoms with Crippen molar-refractivity contribution in [2.24, 2.45) is 5.92 Å². The van der Waals surface area contributed by atoms with Gasteiger partial charge in [-0.25, -0.2) is 0 Å². The Morgan fingerprint density at radius 3 is 2.40 bits per heavy atom. The van der Waals surface area contributed by atoms with E-state index in [1.165, 1.54) is 0 Å². The summed E-state index contributed by atoms with van der Waals surface area (Å²) in [5.41, 5.74) is 0.514. The van der Waals surface area contributed by atoms with Crippen LogP contribution in [0.3, 0.4) is 0 Å². The third kappa shape index (κ3) is 6.33. The Balaban J connectivity index is 2.25. The van der Waals surface area contributed by atoms with Crippen molar-refractivity contribution >= 4 is 11.8 Å². The van der Waals surface area contributed by atoms with Crippen LogP contribution in [0.1, 0.15) is 30.6 Å². The molecule has 0 aliphatic rings. The van der Waals surface area contributed by atoms with Crippen molar-refractivity contribution in [3.8, 4) is 0 Å². The molecule has 2 amide bonds. The number of carbonyl (C=O) groups excluding carboxylic acids is 2. The summed E-state index contributed by atoms with van der Waals surface area (Å²) in [6, 6.07) is 8.70. The van der Waals surface area contributed by atoms with Crippen LogP contribution < -0.4 is 10.6 Å². The van der Waals surface area contributed by atoms with Crippen molar-refractivity contribution in [1.82, 2.24) is 10.6 Å². The summed E-state index contributed by atoms with van der Waals surface area (Å²) >= 11 is 0. The van der Waals surface area contributed by atoms with Gasteiger partial charge in [0.15, 0.2) is 0 Å². The quantitative estimate of drug-likeness (QED) is 0.694. The van der Waals surface area contributed by atoms with Gasteiger partial charge >= 0.3 is 0 Å². The minimum atomic E-state index is -0.552. The molecule has 0 spiro atoms. The maximum atomic E-state index is 11.7. The van der Waals surface area contributed by atoms with E-state index < -0.39 is 6.10 Å². The van der Waals surface area contributed by atoms with Gasteiger partial charge in [0.25, 0.3) is 5.91 Å². The van der Waals surface area contributed by atoms with Gasteiger partial charge in [-0.2, -0.15) is 0 Å². The Hall–Kier alpha value is -1.88. The van der Waals surface area contributed by atoms with Crippen molar-refractivity contribution < 1.29 is 14.7 Å². The summed E-state index contributed by atoms with van der Waals surface area (Å²) in [7, 11) is 0. The average Bonchev–Trinajstić information content (AvgIpc) is 2.42.